The Labute approximate surface area is 117 Å². The molecule has 0 saturated heterocycles. The van der Waals surface area contributed by atoms with E-state index in [2.05, 4.69) is 6.07 Å². The predicted octanol–water partition coefficient (Wildman–Crippen LogP) is 3.34. The lowest BCUT2D eigenvalue weighted by atomic mass is 10.1. The summed E-state index contributed by atoms with van der Waals surface area (Å²) >= 11 is 0. The molecule has 0 fully saturated rings. The first kappa shape index (κ1) is 13.9. The van der Waals surface area contributed by atoms with Gasteiger partial charge < -0.3 is 9.64 Å². The van der Waals surface area contributed by atoms with E-state index < -0.39 is 0 Å². The molecule has 0 heterocycles. The van der Waals surface area contributed by atoms with Crippen LogP contribution in [0.5, 0.6) is 5.75 Å². The van der Waals surface area contributed by atoms with Crippen molar-refractivity contribution >= 4 is 5.69 Å². The summed E-state index contributed by atoms with van der Waals surface area (Å²) in [5.41, 5.74) is 2.04. The van der Waals surface area contributed by atoms with Gasteiger partial charge in [-0.3, -0.25) is 0 Å². The zero-order chi connectivity index (χ0) is 14.5. The number of nitrogens with zero attached hydrogens (tertiary/aromatic N) is 2. The standard InChI is InChI=1S/C16H15FN2O/c1-19(14-5-3-4-12(8-14)10-18)11-13-6-7-15(20-2)9-16(13)17/h3-9H,11H2,1-2H3. The van der Waals surface area contributed by atoms with Gasteiger partial charge in [0.2, 0.25) is 0 Å². The summed E-state index contributed by atoms with van der Waals surface area (Å²) in [6.07, 6.45) is 0. The highest BCUT2D eigenvalue weighted by molar-refractivity contribution is 5.51. The van der Waals surface area contributed by atoms with Crippen molar-refractivity contribution in [1.29, 1.82) is 5.26 Å². The Morgan fingerprint density at radius 3 is 2.70 bits per heavy atom. The molecule has 0 radical (unpaired) electrons. The molecular formula is C16H15FN2O. The minimum Gasteiger partial charge on any atom is -0.497 e. The largest absolute Gasteiger partial charge is 0.497 e. The summed E-state index contributed by atoms with van der Waals surface area (Å²) in [6.45, 7) is 0.421. The third-order valence-electron chi connectivity index (χ3n) is 3.08. The number of halogens is 1. The Hall–Kier alpha value is -2.54. The first-order chi connectivity index (χ1) is 9.63. The summed E-state index contributed by atoms with van der Waals surface area (Å²) in [4.78, 5) is 1.89. The molecule has 20 heavy (non-hydrogen) atoms. The molecule has 0 amide bonds. The lowest BCUT2D eigenvalue weighted by Crippen LogP contribution is -2.17. The molecule has 2 aromatic carbocycles. The van der Waals surface area contributed by atoms with Gasteiger partial charge in [0.25, 0.3) is 0 Å². The molecule has 0 aromatic heterocycles. The van der Waals surface area contributed by atoms with Crippen LogP contribution in [0.1, 0.15) is 11.1 Å². The second kappa shape index (κ2) is 6.07. The van der Waals surface area contributed by atoms with E-state index in [1.807, 2.05) is 24.1 Å². The van der Waals surface area contributed by atoms with E-state index in [0.29, 0.717) is 23.4 Å². The number of anilines is 1. The lowest BCUT2D eigenvalue weighted by Gasteiger charge is -2.20. The predicted molar refractivity (Wildman–Crippen MR) is 76.2 cm³/mol. The van der Waals surface area contributed by atoms with Crippen molar-refractivity contribution in [2.45, 2.75) is 6.54 Å². The van der Waals surface area contributed by atoms with Crippen molar-refractivity contribution < 1.29 is 9.13 Å². The van der Waals surface area contributed by atoms with Crippen LogP contribution in [0.25, 0.3) is 0 Å². The van der Waals surface area contributed by atoms with Crippen LogP contribution in [0.4, 0.5) is 10.1 Å². The normalized spacial score (nSPS) is 9.90. The first-order valence-electron chi connectivity index (χ1n) is 6.17. The third-order valence-corrected chi connectivity index (χ3v) is 3.08. The highest BCUT2D eigenvalue weighted by atomic mass is 19.1. The molecule has 3 nitrogen and oxygen atoms in total. The van der Waals surface area contributed by atoms with Crippen molar-refractivity contribution in [2.24, 2.45) is 0 Å². The Morgan fingerprint density at radius 1 is 1.25 bits per heavy atom. The molecule has 2 aromatic rings. The molecule has 0 atom stereocenters. The van der Waals surface area contributed by atoms with Crippen LogP contribution in [0.2, 0.25) is 0 Å². The lowest BCUT2D eigenvalue weighted by molar-refractivity contribution is 0.410. The monoisotopic (exact) mass is 270 g/mol. The van der Waals surface area contributed by atoms with Gasteiger partial charge in [0.15, 0.2) is 0 Å². The summed E-state index contributed by atoms with van der Waals surface area (Å²) in [5, 5.41) is 8.89. The van der Waals surface area contributed by atoms with E-state index in [0.717, 1.165) is 5.69 Å². The molecule has 0 spiro atoms. The van der Waals surface area contributed by atoms with E-state index in [4.69, 9.17) is 10.00 Å². The average molecular weight is 270 g/mol. The zero-order valence-electron chi connectivity index (χ0n) is 11.4. The van der Waals surface area contributed by atoms with Gasteiger partial charge in [-0.15, -0.1) is 0 Å². The van der Waals surface area contributed by atoms with Crippen molar-refractivity contribution in [1.82, 2.24) is 0 Å². The maximum atomic E-state index is 13.9. The minimum absolute atomic E-state index is 0.298. The van der Waals surface area contributed by atoms with E-state index in [1.54, 1.807) is 24.3 Å². The highest BCUT2D eigenvalue weighted by Gasteiger charge is 2.08. The molecular weight excluding hydrogens is 255 g/mol. The number of ether oxygens (including phenoxy) is 1. The summed E-state index contributed by atoms with van der Waals surface area (Å²) in [5.74, 6) is 0.202. The molecule has 102 valence electrons. The van der Waals surface area contributed by atoms with E-state index >= 15 is 0 Å². The minimum atomic E-state index is -0.298. The fourth-order valence-corrected chi connectivity index (χ4v) is 1.94. The number of benzene rings is 2. The van der Waals surface area contributed by atoms with Crippen molar-refractivity contribution in [2.75, 3.05) is 19.1 Å². The van der Waals surface area contributed by atoms with Crippen LogP contribution < -0.4 is 9.64 Å². The molecule has 4 heteroatoms. The molecule has 0 unspecified atom stereocenters. The van der Waals surface area contributed by atoms with Crippen LogP contribution in [0.3, 0.4) is 0 Å². The molecule has 0 bridgehead atoms. The van der Waals surface area contributed by atoms with Gasteiger partial charge in [-0.25, -0.2) is 4.39 Å². The topological polar surface area (TPSA) is 36.3 Å². The second-order valence-electron chi connectivity index (χ2n) is 4.48. The number of hydrogen-bond acceptors (Lipinski definition) is 3. The average Bonchev–Trinajstić information content (AvgIpc) is 2.49. The smallest absolute Gasteiger partial charge is 0.131 e. The van der Waals surface area contributed by atoms with Crippen molar-refractivity contribution in [3.63, 3.8) is 0 Å². The van der Waals surface area contributed by atoms with E-state index in [9.17, 15) is 4.39 Å². The Bertz CT molecular complexity index is 649. The summed E-state index contributed by atoms with van der Waals surface area (Å²) in [6, 6.07) is 14.1. The van der Waals surface area contributed by atoms with Gasteiger partial charge in [-0.05, 0) is 24.3 Å². The van der Waals surface area contributed by atoms with E-state index in [-0.39, 0.29) is 5.82 Å². The third kappa shape index (κ3) is 3.07. The van der Waals surface area contributed by atoms with Gasteiger partial charge in [-0.1, -0.05) is 12.1 Å². The molecule has 0 aliphatic heterocycles. The number of hydrogen-bond donors (Lipinski definition) is 0. The molecule has 0 saturated carbocycles. The summed E-state index contributed by atoms with van der Waals surface area (Å²) in [7, 11) is 3.37. The fraction of sp³-hybridized carbons (Fsp3) is 0.188. The molecule has 0 N–H and O–H groups in total. The first-order valence-corrected chi connectivity index (χ1v) is 6.17. The van der Waals surface area contributed by atoms with Crippen molar-refractivity contribution in [3.8, 4) is 11.8 Å². The second-order valence-corrected chi connectivity index (χ2v) is 4.48. The van der Waals surface area contributed by atoms with Gasteiger partial charge in [0.1, 0.15) is 11.6 Å². The van der Waals surface area contributed by atoms with E-state index in [1.165, 1.54) is 13.2 Å². The number of rotatable bonds is 4. The van der Waals surface area contributed by atoms with Crippen LogP contribution in [0, 0.1) is 17.1 Å². The van der Waals surface area contributed by atoms with Crippen LogP contribution in [-0.2, 0) is 6.54 Å². The Morgan fingerprint density at radius 2 is 2.05 bits per heavy atom. The zero-order valence-corrected chi connectivity index (χ0v) is 11.4. The Balaban J connectivity index is 2.19. The van der Waals surface area contributed by atoms with Gasteiger partial charge in [0, 0.05) is 30.9 Å². The summed E-state index contributed by atoms with van der Waals surface area (Å²) < 4.78 is 18.9. The molecule has 0 aliphatic rings. The highest BCUT2D eigenvalue weighted by Crippen LogP contribution is 2.21. The van der Waals surface area contributed by atoms with Gasteiger partial charge in [-0.2, -0.15) is 5.26 Å². The number of methoxy groups -OCH3 is 1. The van der Waals surface area contributed by atoms with Crippen LogP contribution in [-0.4, -0.2) is 14.2 Å². The van der Waals surface area contributed by atoms with Gasteiger partial charge in [0.05, 0.1) is 18.7 Å². The van der Waals surface area contributed by atoms with Gasteiger partial charge >= 0.3 is 0 Å². The van der Waals surface area contributed by atoms with Crippen molar-refractivity contribution in [3.05, 3.63) is 59.4 Å². The SMILES string of the molecule is COc1ccc(CN(C)c2cccc(C#N)c2)c(F)c1. The molecule has 0 aliphatic carbocycles. The quantitative estimate of drug-likeness (QED) is 0.855. The maximum Gasteiger partial charge on any atom is 0.131 e. The Kier molecular flexibility index (Phi) is 4.21. The van der Waals surface area contributed by atoms with Crippen LogP contribution in [0.15, 0.2) is 42.5 Å². The fourth-order valence-electron chi connectivity index (χ4n) is 1.94. The number of nitriles is 1. The maximum absolute atomic E-state index is 13.9. The molecule has 2 rings (SSSR count). The van der Waals surface area contributed by atoms with Crippen LogP contribution >= 0.6 is 0 Å².